The van der Waals surface area contributed by atoms with Gasteiger partial charge in [-0.3, -0.25) is 0 Å². The van der Waals surface area contributed by atoms with E-state index in [9.17, 15) is 8.78 Å². The summed E-state index contributed by atoms with van der Waals surface area (Å²) in [6.45, 7) is 0.0293. The highest BCUT2D eigenvalue weighted by molar-refractivity contribution is 6.16. The Morgan fingerprint density at radius 2 is 2.20 bits per heavy atom. The molecule has 0 atom stereocenters. The topological polar surface area (TPSA) is 36.3 Å². The van der Waals surface area contributed by atoms with Crippen molar-refractivity contribution in [3.8, 4) is 5.75 Å². The summed E-state index contributed by atoms with van der Waals surface area (Å²) in [5, 5.41) is 0. The van der Waals surface area contributed by atoms with Gasteiger partial charge in [0.15, 0.2) is 0 Å². The van der Waals surface area contributed by atoms with Gasteiger partial charge < -0.3 is 14.0 Å². The summed E-state index contributed by atoms with van der Waals surface area (Å²) in [4.78, 5) is 4.42. The maximum Gasteiger partial charge on any atom is 0.261 e. The highest BCUT2D eigenvalue weighted by Gasteiger charge is 2.13. The van der Waals surface area contributed by atoms with Gasteiger partial charge in [-0.15, -0.1) is 11.6 Å². The molecule has 1 aromatic heterocycles. The molecule has 2 aromatic rings. The quantitative estimate of drug-likeness (QED) is 0.582. The van der Waals surface area contributed by atoms with E-state index < -0.39 is 13.0 Å². The van der Waals surface area contributed by atoms with Gasteiger partial charge in [0.25, 0.3) is 6.43 Å². The molecule has 0 unspecified atom stereocenters. The van der Waals surface area contributed by atoms with Crippen molar-refractivity contribution in [2.45, 2.75) is 18.9 Å². The molecule has 0 aliphatic carbocycles. The van der Waals surface area contributed by atoms with Crippen LogP contribution in [-0.2, 0) is 17.2 Å². The normalized spacial score (nSPS) is 11.4. The Balaban J connectivity index is 2.22. The highest BCUT2D eigenvalue weighted by Crippen LogP contribution is 2.26. The molecule has 0 spiro atoms. The average Bonchev–Trinajstić information content (AvgIpc) is 2.81. The Hall–Kier alpha value is -1.40. The summed E-state index contributed by atoms with van der Waals surface area (Å²) in [6, 6.07) is 5.54. The van der Waals surface area contributed by atoms with Crippen LogP contribution < -0.4 is 4.74 Å². The molecule has 4 nitrogen and oxygen atoms in total. The lowest BCUT2D eigenvalue weighted by Crippen LogP contribution is -2.12. The Morgan fingerprint density at radius 3 is 2.85 bits per heavy atom. The number of rotatable bonds is 7. The lowest BCUT2D eigenvalue weighted by atomic mass is 10.3. The molecular weight excluding hydrogens is 290 g/mol. The average molecular weight is 305 g/mol. The molecule has 0 saturated heterocycles. The van der Waals surface area contributed by atoms with E-state index in [1.54, 1.807) is 7.11 Å². The van der Waals surface area contributed by atoms with Crippen LogP contribution in [0.25, 0.3) is 11.0 Å². The Morgan fingerprint density at radius 1 is 1.40 bits per heavy atom. The third kappa shape index (κ3) is 3.19. The molecule has 1 heterocycles. The third-order valence-corrected chi connectivity index (χ3v) is 3.10. The van der Waals surface area contributed by atoms with Crippen molar-refractivity contribution in [2.24, 2.45) is 0 Å². The Bertz CT molecular complexity index is 575. The first kappa shape index (κ1) is 15.0. The van der Waals surface area contributed by atoms with E-state index in [1.807, 2.05) is 22.8 Å². The van der Waals surface area contributed by atoms with Crippen molar-refractivity contribution >= 4 is 22.6 Å². The Labute approximate surface area is 120 Å². The van der Waals surface area contributed by atoms with Crippen LogP contribution in [0.1, 0.15) is 5.82 Å². The van der Waals surface area contributed by atoms with Crippen LogP contribution in [0.15, 0.2) is 18.2 Å². The number of hydrogen-bond acceptors (Lipinski definition) is 3. The van der Waals surface area contributed by atoms with Crippen LogP contribution in [0, 0.1) is 0 Å². The Kier molecular flexibility index (Phi) is 5.14. The van der Waals surface area contributed by atoms with Gasteiger partial charge in [0.2, 0.25) is 0 Å². The molecule has 0 bridgehead atoms. The van der Waals surface area contributed by atoms with Gasteiger partial charge in [0.05, 0.1) is 25.1 Å². The van der Waals surface area contributed by atoms with Crippen molar-refractivity contribution in [3.05, 3.63) is 24.0 Å². The number of fused-ring (bicyclic) bond motifs is 1. The second kappa shape index (κ2) is 6.85. The first-order valence-electron chi connectivity index (χ1n) is 6.11. The van der Waals surface area contributed by atoms with Crippen molar-refractivity contribution in [2.75, 3.05) is 20.3 Å². The van der Waals surface area contributed by atoms with Gasteiger partial charge in [0.1, 0.15) is 23.7 Å². The summed E-state index contributed by atoms with van der Waals surface area (Å²) in [7, 11) is 1.57. The number of methoxy groups -OCH3 is 1. The van der Waals surface area contributed by atoms with Crippen molar-refractivity contribution in [3.63, 3.8) is 0 Å². The number of para-hydroxylation sites is 1. The minimum atomic E-state index is -2.46. The van der Waals surface area contributed by atoms with Crippen LogP contribution in [0.2, 0.25) is 0 Å². The zero-order valence-electron chi connectivity index (χ0n) is 11.0. The van der Waals surface area contributed by atoms with Crippen LogP contribution in [0.4, 0.5) is 8.78 Å². The smallest absolute Gasteiger partial charge is 0.261 e. The molecule has 0 radical (unpaired) electrons. The summed E-state index contributed by atoms with van der Waals surface area (Å²) in [5.74, 6) is 1.54. The number of halogens is 3. The number of ether oxygens (including phenoxy) is 2. The van der Waals surface area contributed by atoms with Crippen LogP contribution in [-0.4, -0.2) is 36.3 Å². The number of aromatic nitrogens is 2. The number of benzene rings is 1. The van der Waals surface area contributed by atoms with E-state index in [0.29, 0.717) is 23.6 Å². The SMILES string of the molecule is COc1cccc2c1nc(CCl)n2CCOCC(F)F. The van der Waals surface area contributed by atoms with Crippen molar-refractivity contribution in [1.29, 1.82) is 0 Å². The molecule has 110 valence electrons. The first-order valence-corrected chi connectivity index (χ1v) is 6.64. The number of hydrogen-bond donors (Lipinski definition) is 0. The van der Waals surface area contributed by atoms with E-state index in [4.69, 9.17) is 21.1 Å². The highest BCUT2D eigenvalue weighted by atomic mass is 35.5. The van der Waals surface area contributed by atoms with Gasteiger partial charge >= 0.3 is 0 Å². The minimum Gasteiger partial charge on any atom is -0.494 e. The lowest BCUT2D eigenvalue weighted by molar-refractivity contribution is 0.0149. The molecule has 0 N–H and O–H groups in total. The molecular formula is C13H15ClF2N2O2. The standard InChI is InChI=1S/C13H15ClF2N2O2/c1-19-10-4-2-3-9-13(10)17-12(7-14)18(9)5-6-20-8-11(15)16/h2-4,11H,5-8H2,1H3. The molecule has 0 aliphatic rings. The first-order chi connectivity index (χ1) is 9.67. The predicted octanol–water partition coefficient (Wildman–Crippen LogP) is 3.07. The van der Waals surface area contributed by atoms with Gasteiger partial charge in [0, 0.05) is 6.54 Å². The largest absolute Gasteiger partial charge is 0.494 e. The maximum absolute atomic E-state index is 12.0. The second-order valence-electron chi connectivity index (χ2n) is 4.11. The molecule has 2 rings (SSSR count). The van der Waals surface area contributed by atoms with Crippen molar-refractivity contribution in [1.82, 2.24) is 9.55 Å². The molecule has 0 fully saturated rings. The van der Waals surface area contributed by atoms with Gasteiger partial charge in [-0.05, 0) is 12.1 Å². The summed E-state index contributed by atoms with van der Waals surface area (Å²) in [6.07, 6.45) is -2.46. The monoisotopic (exact) mass is 304 g/mol. The fourth-order valence-electron chi connectivity index (χ4n) is 2.01. The zero-order valence-corrected chi connectivity index (χ0v) is 11.7. The van der Waals surface area contributed by atoms with Crippen LogP contribution in [0.3, 0.4) is 0 Å². The number of alkyl halides is 3. The molecule has 0 saturated carbocycles. The fraction of sp³-hybridized carbons (Fsp3) is 0.462. The molecule has 0 aliphatic heterocycles. The van der Waals surface area contributed by atoms with Gasteiger partial charge in [-0.25, -0.2) is 13.8 Å². The van der Waals surface area contributed by atoms with E-state index in [0.717, 1.165) is 5.52 Å². The minimum absolute atomic E-state index is 0.177. The molecule has 7 heteroatoms. The molecule has 0 amide bonds. The maximum atomic E-state index is 12.0. The zero-order chi connectivity index (χ0) is 14.5. The fourth-order valence-corrected chi connectivity index (χ4v) is 2.22. The number of imidazole rings is 1. The molecule has 1 aromatic carbocycles. The predicted molar refractivity (Wildman–Crippen MR) is 72.7 cm³/mol. The summed E-state index contributed by atoms with van der Waals surface area (Å²) < 4.78 is 36.0. The van der Waals surface area contributed by atoms with Gasteiger partial charge in [-0.2, -0.15) is 0 Å². The second-order valence-corrected chi connectivity index (χ2v) is 4.37. The van der Waals surface area contributed by atoms with Gasteiger partial charge in [-0.1, -0.05) is 6.07 Å². The van der Waals surface area contributed by atoms with E-state index in [2.05, 4.69) is 4.98 Å². The summed E-state index contributed by atoms with van der Waals surface area (Å²) >= 11 is 5.88. The third-order valence-electron chi connectivity index (χ3n) is 2.86. The number of nitrogens with zero attached hydrogens (tertiary/aromatic N) is 2. The molecule has 20 heavy (non-hydrogen) atoms. The van der Waals surface area contributed by atoms with E-state index in [-0.39, 0.29) is 12.5 Å². The van der Waals surface area contributed by atoms with E-state index in [1.165, 1.54) is 0 Å². The summed E-state index contributed by atoms with van der Waals surface area (Å²) in [5.41, 5.74) is 1.56. The van der Waals surface area contributed by atoms with Crippen LogP contribution >= 0.6 is 11.6 Å². The lowest BCUT2D eigenvalue weighted by Gasteiger charge is -2.08. The van der Waals surface area contributed by atoms with Crippen LogP contribution in [0.5, 0.6) is 5.75 Å². The van der Waals surface area contributed by atoms with Crippen molar-refractivity contribution < 1.29 is 18.3 Å². The van der Waals surface area contributed by atoms with E-state index >= 15 is 0 Å².